The van der Waals surface area contributed by atoms with E-state index in [0.29, 0.717) is 6.61 Å². The van der Waals surface area contributed by atoms with Gasteiger partial charge in [0.05, 0.1) is 11.3 Å². The lowest BCUT2D eigenvalue weighted by Gasteiger charge is -2.21. The third kappa shape index (κ3) is 3.03. The van der Waals surface area contributed by atoms with Crippen LogP contribution in [0.4, 0.5) is 0 Å². The molecule has 0 bridgehead atoms. The van der Waals surface area contributed by atoms with Crippen molar-refractivity contribution >= 4 is 0 Å². The highest BCUT2D eigenvalue weighted by Gasteiger charge is 2.16. The van der Waals surface area contributed by atoms with E-state index in [0.717, 1.165) is 28.3 Å². The number of nitrogens with zero attached hydrogens (tertiary/aromatic N) is 1. The Morgan fingerprint density at radius 3 is 2.40 bits per heavy atom. The Balaban J connectivity index is 2.21. The molecule has 108 valence electrons. The van der Waals surface area contributed by atoms with Crippen molar-refractivity contribution in [2.75, 3.05) is 0 Å². The maximum atomic E-state index is 5.98. The van der Waals surface area contributed by atoms with Crippen LogP contribution in [0.1, 0.15) is 48.9 Å². The van der Waals surface area contributed by atoms with Crippen LogP contribution in [-0.4, -0.2) is 5.16 Å². The Kier molecular flexibility index (Phi) is 3.89. The number of ether oxygens (including phenoxy) is 1. The lowest BCUT2D eigenvalue weighted by molar-refractivity contribution is 0.299. The summed E-state index contributed by atoms with van der Waals surface area (Å²) >= 11 is 0. The summed E-state index contributed by atoms with van der Waals surface area (Å²) in [6.07, 6.45) is 0. The number of aromatic nitrogens is 1. The lowest BCUT2D eigenvalue weighted by atomic mass is 9.86. The molecule has 0 saturated carbocycles. The Morgan fingerprint density at radius 1 is 1.15 bits per heavy atom. The highest BCUT2D eigenvalue weighted by molar-refractivity contribution is 5.39. The van der Waals surface area contributed by atoms with Crippen molar-refractivity contribution in [3.63, 3.8) is 0 Å². The maximum absolute atomic E-state index is 5.98. The van der Waals surface area contributed by atoms with Crippen molar-refractivity contribution < 1.29 is 9.26 Å². The van der Waals surface area contributed by atoms with Gasteiger partial charge in [-0.25, -0.2) is 0 Å². The van der Waals surface area contributed by atoms with Gasteiger partial charge in [0.2, 0.25) is 0 Å². The molecule has 0 aliphatic carbocycles. The molecule has 3 nitrogen and oxygen atoms in total. The van der Waals surface area contributed by atoms with Gasteiger partial charge in [-0.05, 0) is 43.4 Å². The van der Waals surface area contributed by atoms with E-state index in [9.17, 15) is 0 Å². The lowest BCUT2D eigenvalue weighted by Crippen LogP contribution is -2.11. The zero-order chi connectivity index (χ0) is 14.9. The second-order valence-corrected chi connectivity index (χ2v) is 6.32. The molecule has 0 fully saturated rings. The highest BCUT2D eigenvalue weighted by Crippen LogP contribution is 2.29. The number of rotatable bonds is 3. The third-order valence-electron chi connectivity index (χ3n) is 3.61. The SMILES string of the molecule is Cc1ccc(C(C)(C)C)cc1OCc1c(C)noc1C. The van der Waals surface area contributed by atoms with Gasteiger partial charge in [0.15, 0.2) is 0 Å². The van der Waals surface area contributed by atoms with Crippen molar-refractivity contribution in [1.29, 1.82) is 0 Å². The van der Waals surface area contributed by atoms with Gasteiger partial charge in [0.25, 0.3) is 0 Å². The summed E-state index contributed by atoms with van der Waals surface area (Å²) in [5.74, 6) is 1.75. The largest absolute Gasteiger partial charge is 0.488 e. The zero-order valence-electron chi connectivity index (χ0n) is 13.2. The summed E-state index contributed by atoms with van der Waals surface area (Å²) in [5.41, 5.74) is 4.47. The van der Waals surface area contributed by atoms with Crippen LogP contribution >= 0.6 is 0 Å². The summed E-state index contributed by atoms with van der Waals surface area (Å²) in [4.78, 5) is 0. The minimum atomic E-state index is 0.120. The molecule has 0 spiro atoms. The van der Waals surface area contributed by atoms with E-state index in [-0.39, 0.29) is 5.41 Å². The Bertz CT molecular complexity index is 586. The fourth-order valence-electron chi connectivity index (χ4n) is 2.08. The van der Waals surface area contributed by atoms with Crippen LogP contribution in [0.2, 0.25) is 0 Å². The molecule has 20 heavy (non-hydrogen) atoms. The van der Waals surface area contributed by atoms with Gasteiger partial charge in [-0.3, -0.25) is 0 Å². The van der Waals surface area contributed by atoms with E-state index in [1.165, 1.54) is 5.56 Å². The van der Waals surface area contributed by atoms with E-state index in [4.69, 9.17) is 9.26 Å². The molecule has 1 aromatic heterocycles. The average Bonchev–Trinajstić information content (AvgIpc) is 2.67. The molecule has 1 aromatic carbocycles. The van der Waals surface area contributed by atoms with Gasteiger partial charge >= 0.3 is 0 Å². The topological polar surface area (TPSA) is 35.3 Å². The fourth-order valence-corrected chi connectivity index (χ4v) is 2.08. The third-order valence-corrected chi connectivity index (χ3v) is 3.61. The van der Waals surface area contributed by atoms with Gasteiger partial charge < -0.3 is 9.26 Å². The van der Waals surface area contributed by atoms with Gasteiger partial charge in [0, 0.05) is 0 Å². The molecule has 2 aromatic rings. The van der Waals surface area contributed by atoms with Crippen LogP contribution < -0.4 is 4.74 Å². The molecule has 0 saturated heterocycles. The molecule has 2 rings (SSSR count). The predicted molar refractivity (Wildman–Crippen MR) is 80.2 cm³/mol. The van der Waals surface area contributed by atoms with Gasteiger partial charge in [-0.1, -0.05) is 38.1 Å². The first-order valence-electron chi connectivity index (χ1n) is 6.94. The van der Waals surface area contributed by atoms with Crippen molar-refractivity contribution in [3.8, 4) is 5.75 Å². The van der Waals surface area contributed by atoms with Crippen LogP contribution in [0.5, 0.6) is 5.75 Å². The van der Waals surface area contributed by atoms with Gasteiger partial charge in [-0.15, -0.1) is 0 Å². The van der Waals surface area contributed by atoms with Crippen LogP contribution in [0.15, 0.2) is 22.7 Å². The molecular formula is C17H23NO2. The number of hydrogen-bond acceptors (Lipinski definition) is 3. The first kappa shape index (κ1) is 14.6. The number of hydrogen-bond donors (Lipinski definition) is 0. The van der Waals surface area contributed by atoms with E-state index >= 15 is 0 Å². The number of aryl methyl sites for hydroxylation is 3. The van der Waals surface area contributed by atoms with Crippen LogP contribution in [0.25, 0.3) is 0 Å². The molecule has 0 aliphatic heterocycles. The summed E-state index contributed by atoms with van der Waals surface area (Å²) in [7, 11) is 0. The van der Waals surface area contributed by atoms with E-state index in [2.05, 4.69) is 51.1 Å². The van der Waals surface area contributed by atoms with Crippen LogP contribution in [0.3, 0.4) is 0 Å². The molecule has 0 aliphatic rings. The van der Waals surface area contributed by atoms with Crippen LogP contribution in [-0.2, 0) is 12.0 Å². The Labute approximate surface area is 120 Å². The first-order valence-corrected chi connectivity index (χ1v) is 6.94. The summed E-state index contributed by atoms with van der Waals surface area (Å²) < 4.78 is 11.1. The van der Waals surface area contributed by atoms with E-state index in [1.54, 1.807) is 0 Å². The summed E-state index contributed by atoms with van der Waals surface area (Å²) in [5, 5.41) is 3.95. The second-order valence-electron chi connectivity index (χ2n) is 6.32. The van der Waals surface area contributed by atoms with E-state index < -0.39 is 0 Å². The van der Waals surface area contributed by atoms with Crippen molar-refractivity contribution in [1.82, 2.24) is 5.16 Å². The molecule has 3 heteroatoms. The fraction of sp³-hybridized carbons (Fsp3) is 0.471. The van der Waals surface area contributed by atoms with Crippen molar-refractivity contribution in [2.24, 2.45) is 0 Å². The molecule has 0 unspecified atom stereocenters. The summed E-state index contributed by atoms with van der Waals surface area (Å²) in [6, 6.07) is 6.41. The standard InChI is InChI=1S/C17H23NO2/c1-11-7-8-14(17(4,5)6)9-16(11)19-10-15-12(2)18-20-13(15)3/h7-9H,10H2,1-6H3. The minimum absolute atomic E-state index is 0.120. The average molecular weight is 273 g/mol. The Morgan fingerprint density at radius 2 is 1.85 bits per heavy atom. The summed E-state index contributed by atoms with van der Waals surface area (Å²) in [6.45, 7) is 13.0. The van der Waals surface area contributed by atoms with Gasteiger partial charge in [0.1, 0.15) is 18.1 Å². The molecule has 1 heterocycles. The van der Waals surface area contributed by atoms with E-state index in [1.807, 2.05) is 13.8 Å². The molecule has 0 amide bonds. The minimum Gasteiger partial charge on any atom is -0.488 e. The van der Waals surface area contributed by atoms with Crippen LogP contribution in [0, 0.1) is 20.8 Å². The highest BCUT2D eigenvalue weighted by atomic mass is 16.5. The maximum Gasteiger partial charge on any atom is 0.140 e. The molecule has 0 N–H and O–H groups in total. The smallest absolute Gasteiger partial charge is 0.140 e. The second kappa shape index (κ2) is 5.31. The predicted octanol–water partition coefficient (Wildman–Crippen LogP) is 4.48. The Hall–Kier alpha value is -1.77. The molecular weight excluding hydrogens is 250 g/mol. The first-order chi connectivity index (χ1) is 9.29. The van der Waals surface area contributed by atoms with Gasteiger partial charge in [-0.2, -0.15) is 0 Å². The number of benzene rings is 1. The normalized spacial score (nSPS) is 11.7. The quantitative estimate of drug-likeness (QED) is 0.827. The molecule has 0 atom stereocenters. The van der Waals surface area contributed by atoms with Crippen molar-refractivity contribution in [3.05, 3.63) is 46.3 Å². The zero-order valence-corrected chi connectivity index (χ0v) is 13.2. The monoisotopic (exact) mass is 273 g/mol. The molecule has 0 radical (unpaired) electrons. The van der Waals surface area contributed by atoms with Crippen molar-refractivity contribution in [2.45, 2.75) is 53.6 Å².